The molecule has 5 N–H and O–H groups in total. The molecular formula is C15H10O7. The van der Waals surface area contributed by atoms with Crippen molar-refractivity contribution in [2.45, 2.75) is 0 Å². The first kappa shape index (κ1) is 13.6. The number of phenols is 5. The molecule has 112 valence electrons. The van der Waals surface area contributed by atoms with Crippen molar-refractivity contribution < 1.29 is 29.9 Å². The summed E-state index contributed by atoms with van der Waals surface area (Å²) in [4.78, 5) is 12.5. The third-order valence-corrected chi connectivity index (χ3v) is 3.25. The van der Waals surface area contributed by atoms with Gasteiger partial charge in [0.2, 0.25) is 11.2 Å². The molecule has 22 heavy (non-hydrogen) atoms. The molecule has 2 aromatic carbocycles. The molecule has 0 bridgehead atoms. The zero-order valence-corrected chi connectivity index (χ0v) is 10.9. The van der Waals surface area contributed by atoms with Gasteiger partial charge in [-0.1, -0.05) is 0 Å². The van der Waals surface area contributed by atoms with Gasteiger partial charge in [-0.15, -0.1) is 0 Å². The van der Waals surface area contributed by atoms with Crippen LogP contribution in [0.25, 0.3) is 22.1 Å². The fraction of sp³-hybridized carbons (Fsp3) is 0. The number of aromatic hydroxyl groups is 5. The van der Waals surface area contributed by atoms with E-state index < -0.39 is 22.7 Å². The first-order valence-corrected chi connectivity index (χ1v) is 6.12. The molecule has 0 saturated heterocycles. The Kier molecular flexibility index (Phi) is 2.84. The summed E-state index contributed by atoms with van der Waals surface area (Å²) < 4.78 is 5.11. The molecule has 7 heteroatoms. The van der Waals surface area contributed by atoms with Crippen molar-refractivity contribution in [2.75, 3.05) is 0 Å². The first-order chi connectivity index (χ1) is 10.4. The molecule has 1 aromatic heterocycles. The smallest absolute Gasteiger partial charge is 0.204 e. The molecule has 0 aliphatic heterocycles. The van der Waals surface area contributed by atoms with Gasteiger partial charge in [0.1, 0.15) is 28.9 Å². The molecule has 0 unspecified atom stereocenters. The molecule has 0 fully saturated rings. The van der Waals surface area contributed by atoms with E-state index >= 15 is 0 Å². The van der Waals surface area contributed by atoms with Crippen LogP contribution in [0, 0.1) is 0 Å². The summed E-state index contributed by atoms with van der Waals surface area (Å²) in [6.07, 6.45) is 0.982. The third-order valence-electron chi connectivity index (χ3n) is 3.25. The van der Waals surface area contributed by atoms with Crippen molar-refractivity contribution in [2.24, 2.45) is 0 Å². The van der Waals surface area contributed by atoms with Gasteiger partial charge >= 0.3 is 0 Å². The Labute approximate surface area is 122 Å². The maximum absolute atomic E-state index is 12.5. The zero-order chi connectivity index (χ0) is 16.0. The van der Waals surface area contributed by atoms with Crippen LogP contribution in [0.3, 0.4) is 0 Å². The van der Waals surface area contributed by atoms with Crippen molar-refractivity contribution in [3.63, 3.8) is 0 Å². The maximum atomic E-state index is 12.5. The second kappa shape index (κ2) is 4.59. The summed E-state index contributed by atoms with van der Waals surface area (Å²) in [6, 6.07) is 4.44. The number of fused-ring (bicyclic) bond motifs is 1. The highest BCUT2D eigenvalue weighted by atomic mass is 16.4. The molecule has 0 atom stereocenters. The van der Waals surface area contributed by atoms with Gasteiger partial charge < -0.3 is 29.9 Å². The highest BCUT2D eigenvalue weighted by Gasteiger charge is 2.19. The number of benzene rings is 2. The normalized spacial score (nSPS) is 10.9. The maximum Gasteiger partial charge on any atom is 0.204 e. The minimum atomic E-state index is -0.713. The summed E-state index contributed by atoms with van der Waals surface area (Å²) in [7, 11) is 0. The Bertz CT molecular complexity index is 956. The summed E-state index contributed by atoms with van der Waals surface area (Å²) in [6.45, 7) is 0. The summed E-state index contributed by atoms with van der Waals surface area (Å²) in [5.41, 5.74) is -1.08. The van der Waals surface area contributed by atoms with Crippen LogP contribution in [0.2, 0.25) is 0 Å². The van der Waals surface area contributed by atoms with Crippen molar-refractivity contribution in [3.8, 4) is 39.9 Å². The Morgan fingerprint density at radius 1 is 0.818 bits per heavy atom. The molecular weight excluding hydrogens is 292 g/mol. The van der Waals surface area contributed by atoms with E-state index in [4.69, 9.17) is 4.42 Å². The van der Waals surface area contributed by atoms with Crippen molar-refractivity contribution in [3.05, 3.63) is 40.8 Å². The second-order valence-corrected chi connectivity index (χ2v) is 4.65. The van der Waals surface area contributed by atoms with Crippen LogP contribution in [0.4, 0.5) is 0 Å². The van der Waals surface area contributed by atoms with Crippen LogP contribution in [-0.2, 0) is 0 Å². The number of hydrogen-bond donors (Lipinski definition) is 5. The van der Waals surface area contributed by atoms with E-state index in [1.165, 1.54) is 12.1 Å². The average Bonchev–Trinajstić information content (AvgIpc) is 2.45. The summed E-state index contributed by atoms with van der Waals surface area (Å²) in [5, 5.41) is 47.7. The lowest BCUT2D eigenvalue weighted by atomic mass is 10.0. The molecule has 3 rings (SSSR count). The molecule has 0 aliphatic carbocycles. The van der Waals surface area contributed by atoms with Gasteiger partial charge in [0.05, 0.1) is 5.56 Å². The largest absolute Gasteiger partial charge is 0.508 e. The molecule has 0 radical (unpaired) electrons. The highest BCUT2D eigenvalue weighted by molar-refractivity contribution is 5.93. The topological polar surface area (TPSA) is 131 Å². The lowest BCUT2D eigenvalue weighted by Gasteiger charge is -2.08. The quantitative estimate of drug-likeness (QED) is 0.343. The Balaban J connectivity index is 2.39. The minimum Gasteiger partial charge on any atom is -0.508 e. The van der Waals surface area contributed by atoms with Crippen LogP contribution in [0.1, 0.15) is 0 Å². The van der Waals surface area contributed by atoms with Crippen LogP contribution in [0.15, 0.2) is 39.7 Å². The predicted molar refractivity (Wildman–Crippen MR) is 76.2 cm³/mol. The number of hydrogen-bond acceptors (Lipinski definition) is 7. The zero-order valence-electron chi connectivity index (χ0n) is 10.9. The molecule has 7 nitrogen and oxygen atoms in total. The number of rotatable bonds is 1. The van der Waals surface area contributed by atoms with E-state index in [-0.39, 0.29) is 33.6 Å². The van der Waals surface area contributed by atoms with Gasteiger partial charge in [-0.25, -0.2) is 0 Å². The average molecular weight is 302 g/mol. The fourth-order valence-electron chi connectivity index (χ4n) is 2.19. The lowest BCUT2D eigenvalue weighted by molar-refractivity contribution is 0.393. The SMILES string of the molecule is O=c1c(-c2ccc(O)cc2O)coc2c(O)c(O)cc(O)c12. The van der Waals surface area contributed by atoms with Gasteiger partial charge in [0, 0.05) is 17.7 Å². The Morgan fingerprint density at radius 3 is 2.23 bits per heavy atom. The molecule has 0 aliphatic rings. The summed E-state index contributed by atoms with van der Waals surface area (Å²) >= 11 is 0. The highest BCUT2D eigenvalue weighted by Crippen LogP contribution is 2.39. The third kappa shape index (κ3) is 1.87. The van der Waals surface area contributed by atoms with E-state index in [1.54, 1.807) is 0 Å². The lowest BCUT2D eigenvalue weighted by Crippen LogP contribution is -2.05. The monoisotopic (exact) mass is 302 g/mol. The van der Waals surface area contributed by atoms with Crippen LogP contribution in [0.5, 0.6) is 28.7 Å². The minimum absolute atomic E-state index is 0.0783. The molecule has 0 amide bonds. The van der Waals surface area contributed by atoms with Crippen molar-refractivity contribution in [1.82, 2.24) is 0 Å². The van der Waals surface area contributed by atoms with Crippen molar-refractivity contribution >= 4 is 11.0 Å². The van der Waals surface area contributed by atoms with Gasteiger partial charge in [0.15, 0.2) is 11.3 Å². The predicted octanol–water partition coefficient (Wildman–Crippen LogP) is 1.99. The van der Waals surface area contributed by atoms with E-state index in [2.05, 4.69) is 0 Å². The second-order valence-electron chi connectivity index (χ2n) is 4.65. The van der Waals surface area contributed by atoms with Crippen LogP contribution >= 0.6 is 0 Å². The van der Waals surface area contributed by atoms with Crippen LogP contribution < -0.4 is 5.43 Å². The number of phenolic OH excluding ortho intramolecular Hbond substituents is 5. The van der Waals surface area contributed by atoms with Gasteiger partial charge in [-0.2, -0.15) is 0 Å². The van der Waals surface area contributed by atoms with Crippen molar-refractivity contribution in [1.29, 1.82) is 0 Å². The molecule has 3 aromatic rings. The van der Waals surface area contributed by atoms with Gasteiger partial charge in [0.25, 0.3) is 0 Å². The Morgan fingerprint density at radius 2 is 1.55 bits per heavy atom. The van der Waals surface area contributed by atoms with Gasteiger partial charge in [-0.05, 0) is 12.1 Å². The van der Waals surface area contributed by atoms with E-state index in [0.717, 1.165) is 18.4 Å². The van der Waals surface area contributed by atoms with E-state index in [9.17, 15) is 30.3 Å². The van der Waals surface area contributed by atoms with Crippen LogP contribution in [-0.4, -0.2) is 25.5 Å². The van der Waals surface area contributed by atoms with Gasteiger partial charge in [-0.3, -0.25) is 4.79 Å². The standard InChI is InChI=1S/C15H10O7/c16-6-1-2-7(9(17)3-6)8-5-22-15-12(13(8)20)10(18)4-11(19)14(15)21/h1-5,16-19,21H. The molecule has 0 saturated carbocycles. The first-order valence-electron chi connectivity index (χ1n) is 6.12. The Hall–Kier alpha value is -3.35. The molecule has 0 spiro atoms. The fourth-order valence-corrected chi connectivity index (χ4v) is 2.19. The van der Waals surface area contributed by atoms with E-state index in [0.29, 0.717) is 0 Å². The van der Waals surface area contributed by atoms with E-state index in [1.807, 2.05) is 0 Å². The summed E-state index contributed by atoms with van der Waals surface area (Å²) in [5.74, 6) is -2.41. The molecule has 1 heterocycles.